The number of pyridine rings is 1. The molecule has 30 heavy (non-hydrogen) atoms. The number of nitrogens with zero attached hydrogens (tertiary/aromatic N) is 2. The normalized spacial score (nSPS) is 11.4. The summed E-state index contributed by atoms with van der Waals surface area (Å²) in [7, 11) is 1.64. The van der Waals surface area contributed by atoms with Crippen molar-refractivity contribution in [3.8, 4) is 11.5 Å². The lowest BCUT2D eigenvalue weighted by Gasteiger charge is -2.09. The molecule has 1 N–H and O–H groups in total. The second kappa shape index (κ2) is 9.43. The van der Waals surface area contributed by atoms with E-state index in [1.54, 1.807) is 19.6 Å². The van der Waals surface area contributed by atoms with Crippen LogP contribution in [0.2, 0.25) is 0 Å². The number of furan rings is 1. The number of benzene rings is 1. The Labute approximate surface area is 174 Å². The van der Waals surface area contributed by atoms with Crippen molar-refractivity contribution in [2.45, 2.75) is 6.61 Å². The molecule has 0 saturated heterocycles. The van der Waals surface area contributed by atoms with E-state index in [1.807, 2.05) is 78.9 Å². The van der Waals surface area contributed by atoms with E-state index in [2.05, 4.69) is 15.2 Å². The van der Waals surface area contributed by atoms with Crippen LogP contribution in [-0.4, -0.2) is 22.3 Å². The van der Waals surface area contributed by atoms with Crippen LogP contribution in [0.3, 0.4) is 0 Å². The summed E-state index contributed by atoms with van der Waals surface area (Å²) >= 11 is 0. The molecule has 3 aromatic heterocycles. The molecular weight excluding hydrogens is 378 g/mol. The van der Waals surface area contributed by atoms with E-state index in [0.29, 0.717) is 6.61 Å². The van der Waals surface area contributed by atoms with Gasteiger partial charge in [-0.25, -0.2) is 0 Å². The van der Waals surface area contributed by atoms with E-state index in [0.717, 1.165) is 39.9 Å². The number of hydrogen-bond donors (Lipinski definition) is 1. The minimum Gasteiger partial charge on any atom is -0.496 e. The lowest BCUT2D eigenvalue weighted by atomic mass is 10.1. The molecule has 4 rings (SSSR count). The minimum absolute atomic E-state index is 0.404. The van der Waals surface area contributed by atoms with Crippen LogP contribution < -0.4 is 9.47 Å². The fourth-order valence-electron chi connectivity index (χ4n) is 2.82. The smallest absolute Gasteiger partial charge is 0.130 e. The number of aromatic amines is 1. The maximum Gasteiger partial charge on any atom is 0.130 e. The van der Waals surface area contributed by atoms with Gasteiger partial charge in [0.2, 0.25) is 0 Å². The molecule has 0 fully saturated rings. The molecule has 1 aromatic carbocycles. The second-order valence-corrected chi connectivity index (χ2v) is 6.44. The molecular formula is C24H21N3O3. The highest BCUT2D eigenvalue weighted by Crippen LogP contribution is 2.27. The summed E-state index contributed by atoms with van der Waals surface area (Å²) in [4.78, 5) is 4.26. The van der Waals surface area contributed by atoms with Crippen molar-refractivity contribution in [1.29, 1.82) is 0 Å². The average Bonchev–Trinajstić information content (AvgIpc) is 3.48. The van der Waals surface area contributed by atoms with Crippen molar-refractivity contribution in [2.75, 3.05) is 7.11 Å². The maximum atomic E-state index is 5.81. The van der Waals surface area contributed by atoms with Gasteiger partial charge in [0, 0.05) is 17.8 Å². The number of aromatic nitrogens is 3. The standard InChI is InChI=1S/C24H21N3O3/c1-28-24-16-23(30-17-21-5-2-3-13-25-21)11-8-18(24)7-9-19-15-20(27-26-19)10-12-22-6-4-14-29-22/h2-16H,17H2,1H3,(H,26,27)/b9-7?,12-10+. The molecule has 0 unspecified atom stereocenters. The van der Waals surface area contributed by atoms with E-state index in [9.17, 15) is 0 Å². The molecule has 0 aliphatic heterocycles. The molecule has 0 atom stereocenters. The van der Waals surface area contributed by atoms with E-state index < -0.39 is 0 Å². The number of ether oxygens (including phenoxy) is 2. The molecule has 0 aliphatic rings. The number of rotatable bonds is 8. The van der Waals surface area contributed by atoms with Gasteiger partial charge in [-0.2, -0.15) is 5.10 Å². The van der Waals surface area contributed by atoms with Crippen LogP contribution in [0, 0.1) is 0 Å². The van der Waals surface area contributed by atoms with Gasteiger partial charge in [0.05, 0.1) is 30.5 Å². The Morgan fingerprint density at radius 2 is 1.97 bits per heavy atom. The molecule has 0 spiro atoms. The average molecular weight is 399 g/mol. The topological polar surface area (TPSA) is 73.2 Å². The van der Waals surface area contributed by atoms with Gasteiger partial charge in [-0.05, 0) is 66.8 Å². The highest BCUT2D eigenvalue weighted by atomic mass is 16.5. The number of H-pyrrole nitrogens is 1. The molecule has 0 radical (unpaired) electrons. The Bertz CT molecular complexity index is 1130. The van der Waals surface area contributed by atoms with Crippen LogP contribution in [0.15, 0.2) is 71.5 Å². The van der Waals surface area contributed by atoms with Crippen LogP contribution >= 0.6 is 0 Å². The van der Waals surface area contributed by atoms with Gasteiger partial charge in [-0.15, -0.1) is 0 Å². The largest absolute Gasteiger partial charge is 0.496 e. The summed E-state index contributed by atoms with van der Waals surface area (Å²) in [5.41, 5.74) is 3.50. The summed E-state index contributed by atoms with van der Waals surface area (Å²) in [6.45, 7) is 0.404. The zero-order valence-corrected chi connectivity index (χ0v) is 16.5. The number of nitrogens with one attached hydrogen (secondary N) is 1. The Hall–Kier alpha value is -4.06. The Kier molecular flexibility index (Phi) is 6.05. The van der Waals surface area contributed by atoms with Crippen molar-refractivity contribution in [3.05, 3.63) is 95.5 Å². The molecule has 0 saturated carbocycles. The molecule has 6 heteroatoms. The van der Waals surface area contributed by atoms with Crippen LogP contribution in [0.25, 0.3) is 24.3 Å². The van der Waals surface area contributed by atoms with E-state index in [-0.39, 0.29) is 0 Å². The van der Waals surface area contributed by atoms with E-state index >= 15 is 0 Å². The predicted molar refractivity (Wildman–Crippen MR) is 117 cm³/mol. The summed E-state index contributed by atoms with van der Waals surface area (Å²) in [6, 6.07) is 17.2. The van der Waals surface area contributed by atoms with Crippen LogP contribution in [-0.2, 0) is 6.61 Å². The Morgan fingerprint density at radius 1 is 1.00 bits per heavy atom. The van der Waals surface area contributed by atoms with E-state index in [1.165, 1.54) is 0 Å². The molecule has 4 aromatic rings. The van der Waals surface area contributed by atoms with Gasteiger partial charge >= 0.3 is 0 Å². The summed E-state index contributed by atoms with van der Waals surface area (Å²) < 4.78 is 16.6. The minimum atomic E-state index is 0.404. The quantitative estimate of drug-likeness (QED) is 0.434. The zero-order chi connectivity index (χ0) is 20.6. The van der Waals surface area contributed by atoms with Crippen LogP contribution in [0.1, 0.15) is 28.4 Å². The zero-order valence-electron chi connectivity index (χ0n) is 16.5. The Balaban J connectivity index is 1.41. The third-order valence-electron chi connectivity index (χ3n) is 4.34. The monoisotopic (exact) mass is 399 g/mol. The molecule has 0 aliphatic carbocycles. The summed E-state index contributed by atoms with van der Waals surface area (Å²) in [6.07, 6.45) is 11.1. The van der Waals surface area contributed by atoms with Gasteiger partial charge < -0.3 is 13.9 Å². The first-order chi connectivity index (χ1) is 14.8. The fraction of sp³-hybridized carbons (Fsp3) is 0.0833. The molecule has 0 bridgehead atoms. The Morgan fingerprint density at radius 3 is 2.77 bits per heavy atom. The predicted octanol–water partition coefficient (Wildman–Crippen LogP) is 5.33. The van der Waals surface area contributed by atoms with Crippen molar-refractivity contribution < 1.29 is 13.9 Å². The van der Waals surface area contributed by atoms with Gasteiger partial charge in [0.15, 0.2) is 0 Å². The van der Waals surface area contributed by atoms with Crippen LogP contribution in [0.5, 0.6) is 11.5 Å². The first-order valence-electron chi connectivity index (χ1n) is 9.46. The number of hydrogen-bond acceptors (Lipinski definition) is 5. The first kappa shape index (κ1) is 19.3. The van der Waals surface area contributed by atoms with Gasteiger partial charge in [-0.1, -0.05) is 6.07 Å². The lowest BCUT2D eigenvalue weighted by molar-refractivity contribution is 0.299. The van der Waals surface area contributed by atoms with Crippen molar-refractivity contribution in [3.63, 3.8) is 0 Å². The highest BCUT2D eigenvalue weighted by molar-refractivity contribution is 5.73. The third-order valence-corrected chi connectivity index (χ3v) is 4.34. The molecule has 6 nitrogen and oxygen atoms in total. The SMILES string of the molecule is COc1cc(OCc2ccccn2)ccc1C=Cc1cc(/C=C/c2ccco2)[nH]n1. The lowest BCUT2D eigenvalue weighted by Crippen LogP contribution is -1.98. The molecule has 3 heterocycles. The fourth-order valence-corrected chi connectivity index (χ4v) is 2.82. The van der Waals surface area contributed by atoms with E-state index in [4.69, 9.17) is 13.9 Å². The highest BCUT2D eigenvalue weighted by Gasteiger charge is 2.04. The van der Waals surface area contributed by atoms with Gasteiger partial charge in [0.1, 0.15) is 23.9 Å². The van der Waals surface area contributed by atoms with Gasteiger partial charge in [-0.3, -0.25) is 10.1 Å². The maximum absolute atomic E-state index is 5.81. The summed E-state index contributed by atoms with van der Waals surface area (Å²) in [5, 5.41) is 7.29. The molecule has 0 amide bonds. The van der Waals surface area contributed by atoms with Crippen molar-refractivity contribution in [2.24, 2.45) is 0 Å². The van der Waals surface area contributed by atoms with Crippen LogP contribution in [0.4, 0.5) is 0 Å². The second-order valence-electron chi connectivity index (χ2n) is 6.44. The van der Waals surface area contributed by atoms with Gasteiger partial charge in [0.25, 0.3) is 0 Å². The number of methoxy groups -OCH3 is 1. The van der Waals surface area contributed by atoms with Crippen molar-refractivity contribution in [1.82, 2.24) is 15.2 Å². The first-order valence-corrected chi connectivity index (χ1v) is 9.46. The molecule has 150 valence electrons. The third kappa shape index (κ3) is 5.05. The summed E-state index contributed by atoms with van der Waals surface area (Å²) in [5.74, 6) is 2.23. The van der Waals surface area contributed by atoms with Crippen molar-refractivity contribution >= 4 is 24.3 Å².